The van der Waals surface area contributed by atoms with Crippen LogP contribution in [0.15, 0.2) is 47.3 Å². The first-order valence-corrected chi connectivity index (χ1v) is 8.94. The fourth-order valence-corrected chi connectivity index (χ4v) is 2.88. The Bertz CT molecular complexity index is 1030. The minimum absolute atomic E-state index is 0.0596. The maximum absolute atomic E-state index is 12.6. The average molecular weight is 365 g/mol. The first-order valence-electron chi connectivity index (χ1n) is 8.94. The topological polar surface area (TPSA) is 75.3 Å². The molecule has 0 spiro atoms. The predicted molar refractivity (Wildman–Crippen MR) is 105 cm³/mol. The van der Waals surface area contributed by atoms with Crippen LogP contribution in [0.4, 0.5) is 0 Å². The number of ether oxygens (including phenoxy) is 1. The number of fused-ring (bicyclic) bond motifs is 1. The number of nitrogens with zero attached hydrogens (tertiary/aromatic N) is 2. The standard InChI is InChI=1S/C21H23N3O3/c1-4-24(20(25)13-27-18-11-7-8-14(2)15(18)3)12-19-22-17-10-6-5-9-16(17)21(26)23-19/h5-11H,4,12-13H2,1-3H3,(H,22,23,26). The van der Waals surface area contributed by atoms with E-state index in [-0.39, 0.29) is 24.6 Å². The average Bonchev–Trinajstić information content (AvgIpc) is 2.67. The van der Waals surface area contributed by atoms with Crippen molar-refractivity contribution in [2.75, 3.05) is 13.2 Å². The number of likely N-dealkylation sites (N-methyl/N-ethyl adjacent to an activating group) is 1. The van der Waals surface area contributed by atoms with E-state index in [1.54, 1.807) is 23.1 Å². The largest absolute Gasteiger partial charge is 0.483 e. The Balaban J connectivity index is 1.72. The van der Waals surface area contributed by atoms with Crippen LogP contribution < -0.4 is 10.3 Å². The molecule has 1 aromatic heterocycles. The number of aryl methyl sites for hydroxylation is 1. The highest BCUT2D eigenvalue weighted by Crippen LogP contribution is 2.20. The number of para-hydroxylation sites is 1. The van der Waals surface area contributed by atoms with E-state index >= 15 is 0 Å². The zero-order chi connectivity index (χ0) is 19.4. The van der Waals surface area contributed by atoms with Crippen LogP contribution in [0.2, 0.25) is 0 Å². The van der Waals surface area contributed by atoms with Crippen molar-refractivity contribution in [1.82, 2.24) is 14.9 Å². The molecule has 1 amide bonds. The van der Waals surface area contributed by atoms with Crippen LogP contribution in [0.1, 0.15) is 23.9 Å². The third-order valence-electron chi connectivity index (χ3n) is 4.64. The lowest BCUT2D eigenvalue weighted by Gasteiger charge is -2.21. The summed E-state index contributed by atoms with van der Waals surface area (Å²) in [6.45, 7) is 6.52. The molecule has 0 unspecified atom stereocenters. The zero-order valence-corrected chi connectivity index (χ0v) is 15.8. The lowest BCUT2D eigenvalue weighted by molar-refractivity contribution is -0.133. The fraction of sp³-hybridized carbons (Fsp3) is 0.286. The summed E-state index contributed by atoms with van der Waals surface area (Å²) in [5.74, 6) is 1.01. The SMILES string of the molecule is CCN(Cc1nc2ccccc2c(=O)[nH]1)C(=O)COc1cccc(C)c1C. The number of benzene rings is 2. The van der Waals surface area contributed by atoms with Crippen LogP contribution in [0, 0.1) is 13.8 Å². The Labute approximate surface area is 157 Å². The van der Waals surface area contributed by atoms with Gasteiger partial charge in [-0.05, 0) is 50.1 Å². The Kier molecular flexibility index (Phi) is 5.54. The molecule has 3 aromatic rings. The second-order valence-electron chi connectivity index (χ2n) is 6.42. The molecule has 0 aliphatic heterocycles. The van der Waals surface area contributed by atoms with Crippen molar-refractivity contribution in [2.45, 2.75) is 27.3 Å². The third-order valence-corrected chi connectivity index (χ3v) is 4.64. The van der Waals surface area contributed by atoms with Crippen LogP contribution in [-0.4, -0.2) is 33.9 Å². The quantitative estimate of drug-likeness (QED) is 0.729. The molecule has 0 saturated carbocycles. The number of carbonyl (C=O) groups is 1. The molecular weight excluding hydrogens is 342 g/mol. The van der Waals surface area contributed by atoms with E-state index in [2.05, 4.69) is 9.97 Å². The van der Waals surface area contributed by atoms with E-state index in [0.29, 0.717) is 29.0 Å². The normalized spacial score (nSPS) is 10.8. The highest BCUT2D eigenvalue weighted by atomic mass is 16.5. The lowest BCUT2D eigenvalue weighted by Crippen LogP contribution is -2.35. The summed E-state index contributed by atoms with van der Waals surface area (Å²) in [7, 11) is 0. The Morgan fingerprint density at radius 2 is 1.93 bits per heavy atom. The number of aromatic amines is 1. The van der Waals surface area contributed by atoms with Gasteiger partial charge in [0, 0.05) is 6.54 Å². The summed E-state index contributed by atoms with van der Waals surface area (Å²) in [6.07, 6.45) is 0. The summed E-state index contributed by atoms with van der Waals surface area (Å²) in [4.78, 5) is 33.6. The van der Waals surface area contributed by atoms with E-state index in [9.17, 15) is 9.59 Å². The number of amides is 1. The number of carbonyl (C=O) groups excluding carboxylic acids is 1. The van der Waals surface area contributed by atoms with Gasteiger partial charge in [0.2, 0.25) is 0 Å². The fourth-order valence-electron chi connectivity index (χ4n) is 2.88. The number of rotatable bonds is 6. The molecule has 27 heavy (non-hydrogen) atoms. The predicted octanol–water partition coefficient (Wildman–Crippen LogP) is 2.97. The summed E-state index contributed by atoms with van der Waals surface area (Å²) in [5, 5.41) is 0.536. The highest BCUT2D eigenvalue weighted by Gasteiger charge is 2.15. The first kappa shape index (κ1) is 18.6. The Morgan fingerprint density at radius 3 is 2.70 bits per heavy atom. The summed E-state index contributed by atoms with van der Waals surface area (Å²) >= 11 is 0. The maximum atomic E-state index is 12.6. The van der Waals surface area contributed by atoms with Crippen LogP contribution in [0.25, 0.3) is 10.9 Å². The molecule has 0 fully saturated rings. The molecule has 3 rings (SSSR count). The number of H-pyrrole nitrogens is 1. The van der Waals surface area contributed by atoms with Gasteiger partial charge in [-0.2, -0.15) is 0 Å². The summed E-state index contributed by atoms with van der Waals surface area (Å²) in [6, 6.07) is 12.9. The monoisotopic (exact) mass is 365 g/mol. The number of hydrogen-bond acceptors (Lipinski definition) is 4. The molecule has 2 aromatic carbocycles. The van der Waals surface area contributed by atoms with E-state index in [4.69, 9.17) is 4.74 Å². The Morgan fingerprint density at radius 1 is 1.15 bits per heavy atom. The molecule has 1 N–H and O–H groups in total. The third kappa shape index (κ3) is 4.16. The number of aromatic nitrogens is 2. The lowest BCUT2D eigenvalue weighted by atomic mass is 10.1. The molecule has 0 saturated heterocycles. The number of nitrogens with one attached hydrogen (secondary N) is 1. The van der Waals surface area contributed by atoms with Crippen molar-refractivity contribution in [2.24, 2.45) is 0 Å². The number of hydrogen-bond donors (Lipinski definition) is 1. The van der Waals surface area contributed by atoms with Gasteiger partial charge in [-0.15, -0.1) is 0 Å². The molecule has 140 valence electrons. The van der Waals surface area contributed by atoms with E-state index in [1.807, 2.05) is 45.0 Å². The van der Waals surface area contributed by atoms with Gasteiger partial charge >= 0.3 is 0 Å². The molecule has 0 aliphatic rings. The van der Waals surface area contributed by atoms with Gasteiger partial charge in [0.05, 0.1) is 17.4 Å². The van der Waals surface area contributed by atoms with Gasteiger partial charge in [0.1, 0.15) is 11.6 Å². The van der Waals surface area contributed by atoms with Crippen molar-refractivity contribution in [3.05, 3.63) is 69.8 Å². The van der Waals surface area contributed by atoms with Gasteiger partial charge in [0.15, 0.2) is 6.61 Å². The van der Waals surface area contributed by atoms with Gasteiger partial charge in [-0.25, -0.2) is 4.98 Å². The highest BCUT2D eigenvalue weighted by molar-refractivity contribution is 5.78. The molecule has 0 bridgehead atoms. The molecule has 6 nitrogen and oxygen atoms in total. The van der Waals surface area contributed by atoms with Gasteiger partial charge in [-0.3, -0.25) is 9.59 Å². The van der Waals surface area contributed by atoms with Gasteiger partial charge in [-0.1, -0.05) is 24.3 Å². The molecule has 0 atom stereocenters. The van der Waals surface area contributed by atoms with Crippen molar-refractivity contribution < 1.29 is 9.53 Å². The van der Waals surface area contributed by atoms with Crippen LogP contribution in [-0.2, 0) is 11.3 Å². The van der Waals surface area contributed by atoms with Gasteiger partial charge < -0.3 is 14.6 Å². The van der Waals surface area contributed by atoms with Crippen LogP contribution >= 0.6 is 0 Å². The molecule has 6 heteroatoms. The van der Waals surface area contributed by atoms with Crippen molar-refractivity contribution in [3.63, 3.8) is 0 Å². The van der Waals surface area contributed by atoms with Crippen molar-refractivity contribution in [1.29, 1.82) is 0 Å². The van der Waals surface area contributed by atoms with E-state index in [1.165, 1.54) is 0 Å². The second-order valence-corrected chi connectivity index (χ2v) is 6.42. The minimum atomic E-state index is -0.203. The summed E-state index contributed by atoms with van der Waals surface area (Å²) < 4.78 is 5.71. The smallest absolute Gasteiger partial charge is 0.260 e. The van der Waals surface area contributed by atoms with E-state index < -0.39 is 0 Å². The minimum Gasteiger partial charge on any atom is -0.483 e. The van der Waals surface area contributed by atoms with E-state index in [0.717, 1.165) is 11.1 Å². The molecule has 1 heterocycles. The molecule has 0 aliphatic carbocycles. The van der Waals surface area contributed by atoms with Gasteiger partial charge in [0.25, 0.3) is 11.5 Å². The van der Waals surface area contributed by atoms with Crippen LogP contribution in [0.5, 0.6) is 5.75 Å². The Hall–Kier alpha value is -3.15. The molecular formula is C21H23N3O3. The maximum Gasteiger partial charge on any atom is 0.260 e. The van der Waals surface area contributed by atoms with Crippen molar-refractivity contribution in [3.8, 4) is 5.75 Å². The first-order chi connectivity index (χ1) is 13.0. The molecule has 0 radical (unpaired) electrons. The van der Waals surface area contributed by atoms with Crippen molar-refractivity contribution >= 4 is 16.8 Å². The van der Waals surface area contributed by atoms with Crippen LogP contribution in [0.3, 0.4) is 0 Å². The summed E-state index contributed by atoms with van der Waals surface area (Å²) in [5.41, 5.74) is 2.55. The zero-order valence-electron chi connectivity index (χ0n) is 15.8. The second kappa shape index (κ2) is 8.03.